The standard InChI is InChI=1S/C8H13N3O2/c1-5(2)9-7(12)6-4-11(3)10-8(6)13/h4-5H,1-3H3,(H,9,12)(H,10,13). The molecule has 0 radical (unpaired) electrons. The summed E-state index contributed by atoms with van der Waals surface area (Å²) in [6.45, 7) is 3.68. The molecule has 5 heteroatoms. The second-order valence-electron chi connectivity index (χ2n) is 3.22. The Morgan fingerprint density at radius 3 is 2.62 bits per heavy atom. The third-order valence-electron chi connectivity index (χ3n) is 1.51. The van der Waals surface area contributed by atoms with Crippen molar-refractivity contribution < 1.29 is 4.79 Å². The van der Waals surface area contributed by atoms with Crippen LogP contribution in [0.2, 0.25) is 0 Å². The molecule has 0 unspecified atom stereocenters. The van der Waals surface area contributed by atoms with E-state index < -0.39 is 0 Å². The fourth-order valence-corrected chi connectivity index (χ4v) is 1.01. The summed E-state index contributed by atoms with van der Waals surface area (Å²) in [5.41, 5.74) is -0.211. The van der Waals surface area contributed by atoms with Gasteiger partial charge in [-0.1, -0.05) is 0 Å². The molecule has 13 heavy (non-hydrogen) atoms. The Balaban J connectivity index is 2.89. The van der Waals surface area contributed by atoms with E-state index in [4.69, 9.17) is 0 Å². The highest BCUT2D eigenvalue weighted by molar-refractivity contribution is 5.93. The molecule has 0 saturated carbocycles. The Hall–Kier alpha value is -1.52. The van der Waals surface area contributed by atoms with E-state index in [1.54, 1.807) is 7.05 Å². The number of hydrogen-bond donors (Lipinski definition) is 2. The summed E-state index contributed by atoms with van der Waals surface area (Å²) in [4.78, 5) is 22.5. The van der Waals surface area contributed by atoms with Crippen LogP contribution >= 0.6 is 0 Å². The second kappa shape index (κ2) is 3.47. The maximum absolute atomic E-state index is 11.3. The van der Waals surface area contributed by atoms with Gasteiger partial charge in [0.1, 0.15) is 5.56 Å². The molecule has 0 spiro atoms. The summed E-state index contributed by atoms with van der Waals surface area (Å²) in [6.07, 6.45) is 1.47. The third-order valence-corrected chi connectivity index (χ3v) is 1.51. The van der Waals surface area contributed by atoms with Crippen LogP contribution in [0.25, 0.3) is 0 Å². The van der Waals surface area contributed by atoms with Crippen LogP contribution in [0.4, 0.5) is 0 Å². The molecule has 0 aromatic carbocycles. The molecular formula is C8H13N3O2. The van der Waals surface area contributed by atoms with Crippen molar-refractivity contribution in [1.29, 1.82) is 0 Å². The molecule has 5 nitrogen and oxygen atoms in total. The monoisotopic (exact) mass is 183 g/mol. The van der Waals surface area contributed by atoms with Crippen molar-refractivity contribution in [2.45, 2.75) is 19.9 Å². The van der Waals surface area contributed by atoms with Gasteiger partial charge in [0, 0.05) is 19.3 Å². The van der Waals surface area contributed by atoms with Gasteiger partial charge in [-0.15, -0.1) is 0 Å². The van der Waals surface area contributed by atoms with Gasteiger partial charge in [0.25, 0.3) is 11.5 Å². The van der Waals surface area contributed by atoms with E-state index in [-0.39, 0.29) is 23.1 Å². The maximum Gasteiger partial charge on any atom is 0.276 e. The highest BCUT2D eigenvalue weighted by atomic mass is 16.2. The van der Waals surface area contributed by atoms with Crippen molar-refractivity contribution in [2.75, 3.05) is 0 Å². The number of hydrogen-bond acceptors (Lipinski definition) is 2. The van der Waals surface area contributed by atoms with Crippen molar-refractivity contribution in [3.05, 3.63) is 22.1 Å². The zero-order valence-electron chi connectivity index (χ0n) is 7.92. The lowest BCUT2D eigenvalue weighted by atomic mass is 10.3. The first-order valence-electron chi connectivity index (χ1n) is 4.07. The van der Waals surface area contributed by atoms with Gasteiger partial charge in [0.05, 0.1) is 0 Å². The lowest BCUT2D eigenvalue weighted by molar-refractivity contribution is 0.0942. The number of nitrogens with one attached hydrogen (secondary N) is 2. The number of carbonyl (C=O) groups excluding carboxylic acids is 1. The molecule has 0 bridgehead atoms. The Bertz CT molecular complexity index is 362. The van der Waals surface area contributed by atoms with Crippen molar-refractivity contribution in [1.82, 2.24) is 15.1 Å². The summed E-state index contributed by atoms with van der Waals surface area (Å²) in [5, 5.41) is 5.10. The number of nitrogens with zero attached hydrogens (tertiary/aromatic N) is 1. The van der Waals surface area contributed by atoms with Crippen LogP contribution in [-0.4, -0.2) is 21.7 Å². The van der Waals surface area contributed by atoms with E-state index in [0.29, 0.717) is 0 Å². The first-order chi connectivity index (χ1) is 6.00. The molecule has 0 aliphatic rings. The Morgan fingerprint density at radius 1 is 1.62 bits per heavy atom. The summed E-state index contributed by atoms with van der Waals surface area (Å²) in [6, 6.07) is 0.0344. The van der Waals surface area contributed by atoms with E-state index in [1.807, 2.05) is 13.8 Å². The number of aromatic nitrogens is 2. The Labute approximate surface area is 75.7 Å². The summed E-state index contributed by atoms with van der Waals surface area (Å²) >= 11 is 0. The fourth-order valence-electron chi connectivity index (χ4n) is 1.01. The first-order valence-corrected chi connectivity index (χ1v) is 4.07. The van der Waals surface area contributed by atoms with Gasteiger partial charge in [0.2, 0.25) is 0 Å². The number of aryl methyl sites for hydroxylation is 1. The predicted octanol–water partition coefficient (Wildman–Crippen LogP) is -0.148. The molecule has 1 rings (SSSR count). The molecule has 0 fully saturated rings. The summed E-state index contributed by atoms with van der Waals surface area (Å²) < 4.78 is 1.46. The molecule has 0 aliphatic heterocycles. The predicted molar refractivity (Wildman–Crippen MR) is 48.6 cm³/mol. The van der Waals surface area contributed by atoms with Crippen molar-refractivity contribution in [3.8, 4) is 0 Å². The SMILES string of the molecule is CC(C)NC(=O)c1cn(C)[nH]c1=O. The lowest BCUT2D eigenvalue weighted by Crippen LogP contribution is -2.32. The third kappa shape index (κ3) is 2.21. The number of H-pyrrole nitrogens is 1. The first kappa shape index (κ1) is 9.57. The van der Waals surface area contributed by atoms with Crippen molar-refractivity contribution in [2.24, 2.45) is 7.05 Å². The maximum atomic E-state index is 11.3. The van der Waals surface area contributed by atoms with E-state index >= 15 is 0 Å². The normalized spacial score (nSPS) is 10.5. The molecular weight excluding hydrogens is 170 g/mol. The Kier molecular flexibility index (Phi) is 2.55. The van der Waals surface area contributed by atoms with Crippen LogP contribution in [0.3, 0.4) is 0 Å². The molecule has 2 N–H and O–H groups in total. The van der Waals surface area contributed by atoms with Gasteiger partial charge in [-0.05, 0) is 13.8 Å². The fraction of sp³-hybridized carbons (Fsp3) is 0.500. The quantitative estimate of drug-likeness (QED) is 0.669. The van der Waals surface area contributed by atoms with Crippen molar-refractivity contribution in [3.63, 3.8) is 0 Å². The average Bonchev–Trinajstić information content (AvgIpc) is 2.28. The van der Waals surface area contributed by atoms with E-state index in [9.17, 15) is 9.59 Å². The van der Waals surface area contributed by atoms with Crippen LogP contribution in [-0.2, 0) is 7.05 Å². The van der Waals surface area contributed by atoms with Crippen LogP contribution in [0.15, 0.2) is 11.0 Å². The molecule has 1 heterocycles. The van der Waals surface area contributed by atoms with E-state index in [2.05, 4.69) is 10.4 Å². The molecule has 1 aromatic heterocycles. The summed E-state index contributed by atoms with van der Waals surface area (Å²) in [5.74, 6) is -0.336. The minimum atomic E-state index is -0.361. The van der Waals surface area contributed by atoms with Gasteiger partial charge < -0.3 is 5.32 Å². The smallest absolute Gasteiger partial charge is 0.276 e. The van der Waals surface area contributed by atoms with Crippen LogP contribution in [0.1, 0.15) is 24.2 Å². The molecule has 1 aromatic rings. The van der Waals surface area contributed by atoms with Crippen LogP contribution < -0.4 is 10.9 Å². The zero-order valence-corrected chi connectivity index (χ0v) is 7.92. The van der Waals surface area contributed by atoms with Crippen LogP contribution in [0.5, 0.6) is 0 Å². The molecule has 1 amide bonds. The van der Waals surface area contributed by atoms with Gasteiger partial charge in [-0.2, -0.15) is 0 Å². The number of amides is 1. The van der Waals surface area contributed by atoms with Crippen LogP contribution in [0, 0.1) is 0 Å². The second-order valence-corrected chi connectivity index (χ2v) is 3.22. The number of rotatable bonds is 2. The largest absolute Gasteiger partial charge is 0.350 e. The highest BCUT2D eigenvalue weighted by Crippen LogP contribution is 1.90. The molecule has 72 valence electrons. The number of aromatic amines is 1. The van der Waals surface area contributed by atoms with E-state index in [0.717, 1.165) is 0 Å². The summed E-state index contributed by atoms with van der Waals surface area (Å²) in [7, 11) is 1.66. The van der Waals surface area contributed by atoms with Gasteiger partial charge in [-0.3, -0.25) is 19.4 Å². The van der Waals surface area contributed by atoms with E-state index in [1.165, 1.54) is 10.9 Å². The van der Waals surface area contributed by atoms with Crippen molar-refractivity contribution >= 4 is 5.91 Å². The number of carbonyl (C=O) groups is 1. The minimum absolute atomic E-state index is 0.0344. The average molecular weight is 183 g/mol. The molecule has 0 aliphatic carbocycles. The molecule has 0 atom stereocenters. The lowest BCUT2D eigenvalue weighted by Gasteiger charge is -2.04. The van der Waals surface area contributed by atoms with Gasteiger partial charge in [-0.25, -0.2) is 0 Å². The topological polar surface area (TPSA) is 66.9 Å². The zero-order chi connectivity index (χ0) is 10.0. The Morgan fingerprint density at radius 2 is 2.23 bits per heavy atom. The highest BCUT2D eigenvalue weighted by Gasteiger charge is 2.12. The van der Waals surface area contributed by atoms with Gasteiger partial charge >= 0.3 is 0 Å². The van der Waals surface area contributed by atoms with Gasteiger partial charge in [0.15, 0.2) is 0 Å². The molecule has 0 saturated heterocycles. The minimum Gasteiger partial charge on any atom is -0.350 e.